The van der Waals surface area contributed by atoms with Crippen molar-refractivity contribution in [1.82, 2.24) is 9.88 Å². The summed E-state index contributed by atoms with van der Waals surface area (Å²) in [4.78, 5) is 9.07. The highest BCUT2D eigenvalue weighted by atomic mass is 79.9. The number of nitrogens with zero attached hydrogens (tertiary/aromatic N) is 2. The number of rotatable bonds is 2. The second-order valence-corrected chi connectivity index (χ2v) is 6.45. The van der Waals surface area contributed by atoms with Crippen LogP contribution in [0.2, 0.25) is 0 Å². The fraction of sp³-hybridized carbons (Fsp3) is 0.700. The lowest BCUT2D eigenvalue weighted by Gasteiger charge is -2.11. The number of likely N-dealkylation sites (tertiary alicyclic amines) is 1. The Bertz CT molecular complexity index is 304. The molecule has 1 unspecified atom stereocenters. The number of aryl methyl sites for hydroxylation is 2. The Balaban J connectivity index is 1.97. The fourth-order valence-electron chi connectivity index (χ4n) is 1.73. The van der Waals surface area contributed by atoms with Crippen LogP contribution in [-0.2, 0) is 6.54 Å². The molecule has 4 heteroatoms. The smallest absolute Gasteiger partial charge is 0.107 e. The highest BCUT2D eigenvalue weighted by Gasteiger charge is 2.20. The van der Waals surface area contributed by atoms with Gasteiger partial charge in [0.1, 0.15) is 5.01 Å². The molecule has 1 aromatic rings. The molecular formula is C10H15BrN2S. The van der Waals surface area contributed by atoms with Gasteiger partial charge in [-0.2, -0.15) is 0 Å². The van der Waals surface area contributed by atoms with E-state index in [9.17, 15) is 0 Å². The molecule has 1 aromatic heterocycles. The van der Waals surface area contributed by atoms with Crippen LogP contribution in [0, 0.1) is 13.8 Å². The lowest BCUT2D eigenvalue weighted by Crippen LogP contribution is -2.19. The molecule has 2 rings (SSSR count). The van der Waals surface area contributed by atoms with Gasteiger partial charge in [-0.05, 0) is 26.8 Å². The maximum absolute atomic E-state index is 4.56. The van der Waals surface area contributed by atoms with E-state index in [-0.39, 0.29) is 0 Å². The number of hydrogen-bond acceptors (Lipinski definition) is 3. The van der Waals surface area contributed by atoms with E-state index in [1.165, 1.54) is 28.5 Å². The molecule has 0 aromatic carbocycles. The summed E-state index contributed by atoms with van der Waals surface area (Å²) in [6.07, 6.45) is 1.27. The molecule has 1 aliphatic heterocycles. The first-order valence-electron chi connectivity index (χ1n) is 4.94. The predicted molar refractivity (Wildman–Crippen MR) is 64.2 cm³/mol. The maximum atomic E-state index is 4.56. The second-order valence-electron chi connectivity index (χ2n) is 3.87. The molecule has 1 atom stereocenters. The summed E-state index contributed by atoms with van der Waals surface area (Å²) in [7, 11) is 0. The third-order valence-electron chi connectivity index (χ3n) is 2.65. The quantitative estimate of drug-likeness (QED) is 0.771. The zero-order valence-electron chi connectivity index (χ0n) is 8.59. The number of hydrogen-bond donors (Lipinski definition) is 0. The summed E-state index contributed by atoms with van der Waals surface area (Å²) < 4.78 is 0. The first kappa shape index (κ1) is 10.6. The van der Waals surface area contributed by atoms with Crippen molar-refractivity contribution in [3.8, 4) is 0 Å². The van der Waals surface area contributed by atoms with Crippen LogP contribution < -0.4 is 0 Å². The zero-order chi connectivity index (χ0) is 10.1. The molecule has 0 spiro atoms. The minimum Gasteiger partial charge on any atom is -0.296 e. The van der Waals surface area contributed by atoms with Gasteiger partial charge in [-0.15, -0.1) is 11.3 Å². The molecule has 0 amide bonds. The lowest BCUT2D eigenvalue weighted by atomic mass is 10.4. The Hall–Kier alpha value is 0.0700. The van der Waals surface area contributed by atoms with Gasteiger partial charge in [-0.1, -0.05) is 15.9 Å². The summed E-state index contributed by atoms with van der Waals surface area (Å²) in [5.74, 6) is 0. The van der Waals surface area contributed by atoms with Crippen molar-refractivity contribution in [2.45, 2.75) is 31.6 Å². The van der Waals surface area contributed by atoms with Crippen molar-refractivity contribution in [2.75, 3.05) is 13.1 Å². The first-order chi connectivity index (χ1) is 6.65. The number of halogens is 1. The van der Waals surface area contributed by atoms with Crippen LogP contribution in [-0.4, -0.2) is 27.8 Å². The van der Waals surface area contributed by atoms with Gasteiger partial charge < -0.3 is 0 Å². The van der Waals surface area contributed by atoms with E-state index in [0.29, 0.717) is 4.83 Å². The van der Waals surface area contributed by atoms with Gasteiger partial charge in [-0.25, -0.2) is 4.98 Å². The van der Waals surface area contributed by atoms with E-state index in [0.717, 1.165) is 13.1 Å². The van der Waals surface area contributed by atoms with E-state index in [1.807, 2.05) is 11.3 Å². The Labute approximate surface area is 97.5 Å². The number of aromatic nitrogens is 1. The summed E-state index contributed by atoms with van der Waals surface area (Å²) in [6, 6.07) is 0. The topological polar surface area (TPSA) is 16.1 Å². The summed E-state index contributed by atoms with van der Waals surface area (Å²) in [6.45, 7) is 7.63. The maximum Gasteiger partial charge on any atom is 0.107 e. The van der Waals surface area contributed by atoms with Gasteiger partial charge in [-0.3, -0.25) is 4.90 Å². The van der Waals surface area contributed by atoms with Crippen LogP contribution in [0.3, 0.4) is 0 Å². The molecule has 2 heterocycles. The Kier molecular flexibility index (Phi) is 3.24. The monoisotopic (exact) mass is 274 g/mol. The lowest BCUT2D eigenvalue weighted by molar-refractivity contribution is 0.332. The highest BCUT2D eigenvalue weighted by molar-refractivity contribution is 9.09. The SMILES string of the molecule is Cc1nc(CN2CCC(Br)C2)sc1C. The van der Waals surface area contributed by atoms with Gasteiger partial charge in [0, 0.05) is 16.2 Å². The highest BCUT2D eigenvalue weighted by Crippen LogP contribution is 2.22. The van der Waals surface area contributed by atoms with Crippen LogP contribution in [0.25, 0.3) is 0 Å². The van der Waals surface area contributed by atoms with Crippen LogP contribution >= 0.6 is 27.3 Å². The van der Waals surface area contributed by atoms with Crippen molar-refractivity contribution in [3.63, 3.8) is 0 Å². The van der Waals surface area contributed by atoms with Crippen molar-refractivity contribution in [3.05, 3.63) is 15.6 Å². The Morgan fingerprint density at radius 3 is 2.86 bits per heavy atom. The minimum atomic E-state index is 0.685. The van der Waals surface area contributed by atoms with E-state index in [4.69, 9.17) is 0 Å². The van der Waals surface area contributed by atoms with Crippen LogP contribution in [0.5, 0.6) is 0 Å². The van der Waals surface area contributed by atoms with Crippen molar-refractivity contribution in [1.29, 1.82) is 0 Å². The van der Waals surface area contributed by atoms with Crippen molar-refractivity contribution >= 4 is 27.3 Å². The van der Waals surface area contributed by atoms with Crippen LogP contribution in [0.15, 0.2) is 0 Å². The molecule has 0 bridgehead atoms. The average Bonchev–Trinajstić information content (AvgIpc) is 2.62. The minimum absolute atomic E-state index is 0.685. The molecule has 0 radical (unpaired) electrons. The van der Waals surface area contributed by atoms with E-state index < -0.39 is 0 Å². The summed E-state index contributed by atoms with van der Waals surface area (Å²) >= 11 is 5.49. The molecule has 14 heavy (non-hydrogen) atoms. The molecule has 0 saturated carbocycles. The molecule has 2 nitrogen and oxygen atoms in total. The average molecular weight is 275 g/mol. The van der Waals surface area contributed by atoms with E-state index >= 15 is 0 Å². The van der Waals surface area contributed by atoms with Gasteiger partial charge in [0.2, 0.25) is 0 Å². The Morgan fingerprint density at radius 2 is 2.36 bits per heavy atom. The fourth-order valence-corrected chi connectivity index (χ4v) is 3.32. The molecule has 1 aliphatic rings. The molecular weight excluding hydrogens is 260 g/mol. The largest absolute Gasteiger partial charge is 0.296 e. The zero-order valence-corrected chi connectivity index (χ0v) is 11.0. The molecule has 78 valence electrons. The van der Waals surface area contributed by atoms with Crippen molar-refractivity contribution < 1.29 is 0 Å². The first-order valence-corrected chi connectivity index (χ1v) is 6.67. The van der Waals surface area contributed by atoms with Crippen LogP contribution in [0.4, 0.5) is 0 Å². The number of thiazole rings is 1. The Morgan fingerprint density at radius 1 is 1.57 bits per heavy atom. The predicted octanol–water partition coefficient (Wildman–Crippen LogP) is 2.73. The number of alkyl halides is 1. The van der Waals surface area contributed by atoms with Crippen molar-refractivity contribution in [2.24, 2.45) is 0 Å². The standard InChI is InChI=1S/C10H15BrN2S/c1-7-8(2)14-10(12-7)6-13-4-3-9(11)5-13/h9H,3-6H2,1-2H3. The van der Waals surface area contributed by atoms with Gasteiger partial charge >= 0.3 is 0 Å². The second kappa shape index (κ2) is 4.29. The third kappa shape index (κ3) is 2.35. The van der Waals surface area contributed by atoms with Gasteiger partial charge in [0.15, 0.2) is 0 Å². The summed E-state index contributed by atoms with van der Waals surface area (Å²) in [5.41, 5.74) is 1.19. The molecule has 0 aliphatic carbocycles. The summed E-state index contributed by atoms with van der Waals surface area (Å²) in [5, 5.41) is 1.27. The van der Waals surface area contributed by atoms with Crippen LogP contribution in [0.1, 0.15) is 22.0 Å². The molecule has 1 saturated heterocycles. The van der Waals surface area contributed by atoms with Gasteiger partial charge in [0.25, 0.3) is 0 Å². The van der Waals surface area contributed by atoms with E-state index in [2.05, 4.69) is 39.7 Å². The normalized spacial score (nSPS) is 23.2. The van der Waals surface area contributed by atoms with E-state index in [1.54, 1.807) is 0 Å². The molecule has 1 fully saturated rings. The van der Waals surface area contributed by atoms with Gasteiger partial charge in [0.05, 0.1) is 12.2 Å². The third-order valence-corrected chi connectivity index (χ3v) is 4.45. The molecule has 0 N–H and O–H groups in total.